The quantitative estimate of drug-likeness (QED) is 0.377. The van der Waals surface area contributed by atoms with Crippen LogP contribution in [0.2, 0.25) is 0 Å². The number of nitro groups is 1. The Kier molecular flexibility index (Phi) is 8.44. The summed E-state index contributed by atoms with van der Waals surface area (Å²) in [5.41, 5.74) is 1.36. The molecule has 0 spiro atoms. The molecule has 0 radical (unpaired) electrons. The molecule has 2 amide bonds. The fourth-order valence-corrected chi connectivity index (χ4v) is 5.11. The number of amides is 2. The molecule has 4 rings (SSSR count). The van der Waals surface area contributed by atoms with Crippen LogP contribution < -0.4 is 0 Å². The van der Waals surface area contributed by atoms with Gasteiger partial charge in [0.05, 0.1) is 34.8 Å². The number of hydrogen-bond acceptors (Lipinski definition) is 8. The number of carbonyl (C=O) groups excluding carboxylic acids is 2. The Morgan fingerprint density at radius 3 is 2.69 bits per heavy atom. The van der Waals surface area contributed by atoms with Gasteiger partial charge in [0.1, 0.15) is 6.54 Å². The third kappa shape index (κ3) is 6.15. The molecule has 2 aromatic rings. The van der Waals surface area contributed by atoms with E-state index < -0.39 is 11.0 Å². The molecule has 1 aromatic heterocycles. The van der Waals surface area contributed by atoms with Crippen molar-refractivity contribution in [3.63, 3.8) is 0 Å². The lowest BCUT2D eigenvalue weighted by molar-refractivity contribution is -0.385. The number of carbonyl (C=O) groups is 2. The van der Waals surface area contributed by atoms with Gasteiger partial charge in [-0.2, -0.15) is 5.10 Å². The summed E-state index contributed by atoms with van der Waals surface area (Å²) >= 11 is 1.53. The zero-order valence-electron chi connectivity index (χ0n) is 20.5. The molecule has 192 valence electrons. The fourth-order valence-electron chi connectivity index (χ4n) is 4.39. The van der Waals surface area contributed by atoms with Crippen LogP contribution in [-0.2, 0) is 14.3 Å². The van der Waals surface area contributed by atoms with Crippen molar-refractivity contribution in [2.45, 2.75) is 26.3 Å². The fraction of sp³-hybridized carbons (Fsp3) is 0.480. The van der Waals surface area contributed by atoms with Crippen LogP contribution >= 0.6 is 11.3 Å². The molecule has 2 aliphatic rings. The standard InChI is InChI=1S/C25H31N5O5S/c1-18(2)25(32)28(9-8-27-10-12-35-13-11-27)17-24(31)29-22(16-21(26-29)23-7-4-14-36-23)19-5-3-6-20(15-19)30(33)34/h3-7,14-15,18,22H,8-13,16-17H2,1-2H3/t22-/m0/s1. The Morgan fingerprint density at radius 1 is 1.25 bits per heavy atom. The van der Waals surface area contributed by atoms with E-state index in [1.54, 1.807) is 17.0 Å². The van der Waals surface area contributed by atoms with E-state index >= 15 is 0 Å². The van der Waals surface area contributed by atoms with Gasteiger partial charge in [-0.15, -0.1) is 11.3 Å². The number of rotatable bonds is 9. The van der Waals surface area contributed by atoms with Gasteiger partial charge in [0, 0.05) is 50.7 Å². The second-order valence-electron chi connectivity index (χ2n) is 9.20. The SMILES string of the molecule is CC(C)C(=O)N(CCN1CCOCC1)CC(=O)N1N=C(c2cccs2)C[C@H]1c1cccc([N+](=O)[O-])c1. The molecule has 1 saturated heterocycles. The maximum atomic E-state index is 13.6. The van der Waals surface area contributed by atoms with E-state index in [9.17, 15) is 19.7 Å². The second-order valence-corrected chi connectivity index (χ2v) is 10.2. The molecular weight excluding hydrogens is 482 g/mol. The van der Waals surface area contributed by atoms with E-state index in [1.807, 2.05) is 31.4 Å². The van der Waals surface area contributed by atoms with Gasteiger partial charge in [-0.3, -0.25) is 24.6 Å². The van der Waals surface area contributed by atoms with Crippen molar-refractivity contribution in [3.8, 4) is 0 Å². The summed E-state index contributed by atoms with van der Waals surface area (Å²) in [6.07, 6.45) is 0.444. The Morgan fingerprint density at radius 2 is 2.03 bits per heavy atom. The lowest BCUT2D eigenvalue weighted by Crippen LogP contribution is -2.47. The molecule has 3 heterocycles. The van der Waals surface area contributed by atoms with E-state index in [0.29, 0.717) is 38.3 Å². The average molecular weight is 514 g/mol. The highest BCUT2D eigenvalue weighted by Crippen LogP contribution is 2.35. The number of non-ortho nitro benzene ring substituents is 1. The number of ether oxygens (including phenoxy) is 1. The molecule has 36 heavy (non-hydrogen) atoms. The molecule has 1 aromatic carbocycles. The number of hydrogen-bond donors (Lipinski definition) is 0. The predicted molar refractivity (Wildman–Crippen MR) is 137 cm³/mol. The summed E-state index contributed by atoms with van der Waals surface area (Å²) in [5, 5.41) is 19.4. The van der Waals surface area contributed by atoms with Crippen LogP contribution in [0.15, 0.2) is 46.9 Å². The molecule has 1 atom stereocenters. The van der Waals surface area contributed by atoms with Crippen LogP contribution in [0.3, 0.4) is 0 Å². The lowest BCUT2D eigenvalue weighted by atomic mass is 10.0. The largest absolute Gasteiger partial charge is 0.379 e. The predicted octanol–water partition coefficient (Wildman–Crippen LogP) is 3.15. The minimum atomic E-state index is -0.482. The van der Waals surface area contributed by atoms with E-state index in [-0.39, 0.29) is 30.0 Å². The van der Waals surface area contributed by atoms with Crippen molar-refractivity contribution >= 4 is 34.6 Å². The summed E-state index contributed by atoms with van der Waals surface area (Å²) in [7, 11) is 0. The van der Waals surface area contributed by atoms with Gasteiger partial charge in [-0.25, -0.2) is 5.01 Å². The number of hydrazone groups is 1. The van der Waals surface area contributed by atoms with Gasteiger partial charge >= 0.3 is 0 Å². The van der Waals surface area contributed by atoms with Crippen molar-refractivity contribution in [3.05, 3.63) is 62.3 Å². The van der Waals surface area contributed by atoms with Crippen LogP contribution in [0.5, 0.6) is 0 Å². The molecule has 0 N–H and O–H groups in total. The normalized spacial score (nSPS) is 18.4. The molecule has 0 unspecified atom stereocenters. The summed E-state index contributed by atoms with van der Waals surface area (Å²) in [4.78, 5) is 42.3. The first-order chi connectivity index (χ1) is 17.3. The molecule has 2 aliphatic heterocycles. The summed E-state index contributed by atoms with van der Waals surface area (Å²) in [5.74, 6) is -0.655. The van der Waals surface area contributed by atoms with Gasteiger partial charge in [0.15, 0.2) is 0 Å². The lowest BCUT2D eigenvalue weighted by Gasteiger charge is -2.31. The maximum Gasteiger partial charge on any atom is 0.269 e. The third-order valence-corrected chi connectivity index (χ3v) is 7.28. The second kappa shape index (κ2) is 11.7. The van der Waals surface area contributed by atoms with Crippen molar-refractivity contribution in [2.24, 2.45) is 11.0 Å². The van der Waals surface area contributed by atoms with Crippen molar-refractivity contribution < 1.29 is 19.2 Å². The minimum Gasteiger partial charge on any atom is -0.379 e. The van der Waals surface area contributed by atoms with Gasteiger partial charge in [-0.1, -0.05) is 32.0 Å². The number of nitrogens with zero attached hydrogens (tertiary/aromatic N) is 5. The van der Waals surface area contributed by atoms with Crippen molar-refractivity contribution in [1.29, 1.82) is 0 Å². The smallest absolute Gasteiger partial charge is 0.269 e. The highest BCUT2D eigenvalue weighted by molar-refractivity contribution is 7.12. The number of morpholine rings is 1. The van der Waals surface area contributed by atoms with E-state index in [1.165, 1.54) is 28.5 Å². The maximum absolute atomic E-state index is 13.6. The first-order valence-corrected chi connectivity index (χ1v) is 13.0. The third-order valence-electron chi connectivity index (χ3n) is 6.36. The van der Waals surface area contributed by atoms with Crippen LogP contribution in [0, 0.1) is 16.0 Å². The Labute approximate surface area is 214 Å². The van der Waals surface area contributed by atoms with Crippen LogP contribution in [0.4, 0.5) is 5.69 Å². The van der Waals surface area contributed by atoms with E-state index in [2.05, 4.69) is 10.0 Å². The minimum absolute atomic E-state index is 0.0356. The number of nitro benzene ring substituents is 1. The molecular formula is C25H31N5O5S. The Bertz CT molecular complexity index is 1110. The van der Waals surface area contributed by atoms with Gasteiger partial charge in [0.2, 0.25) is 5.91 Å². The van der Waals surface area contributed by atoms with Gasteiger partial charge in [-0.05, 0) is 17.0 Å². The van der Waals surface area contributed by atoms with Crippen LogP contribution in [0.25, 0.3) is 0 Å². The van der Waals surface area contributed by atoms with Crippen LogP contribution in [0.1, 0.15) is 36.8 Å². The molecule has 0 aliphatic carbocycles. The molecule has 0 saturated carbocycles. The summed E-state index contributed by atoms with van der Waals surface area (Å²) in [6.45, 7) is 7.56. The van der Waals surface area contributed by atoms with Crippen LogP contribution in [-0.4, -0.2) is 83.2 Å². The summed E-state index contributed by atoms with van der Waals surface area (Å²) < 4.78 is 5.40. The highest BCUT2D eigenvalue weighted by atomic mass is 32.1. The van der Waals surface area contributed by atoms with Gasteiger partial charge in [0.25, 0.3) is 11.6 Å². The van der Waals surface area contributed by atoms with E-state index in [4.69, 9.17) is 4.74 Å². The average Bonchev–Trinajstić information content (AvgIpc) is 3.57. The Balaban J connectivity index is 1.56. The van der Waals surface area contributed by atoms with E-state index in [0.717, 1.165) is 23.7 Å². The molecule has 1 fully saturated rings. The first-order valence-electron chi connectivity index (χ1n) is 12.1. The Hall–Kier alpha value is -3.15. The molecule has 11 heteroatoms. The monoisotopic (exact) mass is 513 g/mol. The zero-order chi connectivity index (χ0) is 25.7. The first kappa shape index (κ1) is 25.9. The molecule has 0 bridgehead atoms. The highest BCUT2D eigenvalue weighted by Gasteiger charge is 2.35. The number of benzene rings is 1. The van der Waals surface area contributed by atoms with Crippen molar-refractivity contribution in [2.75, 3.05) is 45.9 Å². The van der Waals surface area contributed by atoms with Crippen molar-refractivity contribution in [1.82, 2.24) is 14.8 Å². The zero-order valence-corrected chi connectivity index (χ0v) is 21.4. The van der Waals surface area contributed by atoms with Gasteiger partial charge < -0.3 is 9.64 Å². The number of thiophene rings is 1. The summed E-state index contributed by atoms with van der Waals surface area (Å²) in [6, 6.07) is 9.71. The topological polar surface area (TPSA) is 109 Å². The molecule has 10 nitrogen and oxygen atoms in total.